The molecular formula is C13H17N3O2. The average molecular weight is 247 g/mol. The van der Waals surface area contributed by atoms with Crippen LogP contribution in [0.3, 0.4) is 0 Å². The topological polar surface area (TPSA) is 59.9 Å². The third kappa shape index (κ3) is 2.16. The van der Waals surface area contributed by atoms with E-state index in [-0.39, 0.29) is 5.97 Å². The summed E-state index contributed by atoms with van der Waals surface area (Å²) in [7, 11) is 1.74. The van der Waals surface area contributed by atoms with E-state index in [1.54, 1.807) is 24.7 Å². The first-order valence-electron chi connectivity index (χ1n) is 5.90. The molecule has 0 saturated carbocycles. The first-order valence-corrected chi connectivity index (χ1v) is 5.90. The lowest BCUT2D eigenvalue weighted by Gasteiger charge is -1.99. The largest absolute Gasteiger partial charge is 0.461 e. The molecule has 0 aliphatic carbocycles. The standard InChI is InChI=1S/C13H17N3O2/c1-5-18-13(17)12-7-11(15-16(12)4)10-6-8(2)14-9(10)3/h6-7,14H,5H2,1-4H3. The number of aromatic nitrogens is 3. The molecule has 0 aliphatic rings. The van der Waals surface area contributed by atoms with Crippen molar-refractivity contribution in [2.24, 2.45) is 7.05 Å². The molecule has 0 aliphatic heterocycles. The predicted octanol–water partition coefficient (Wildman–Crippen LogP) is 2.21. The van der Waals surface area contributed by atoms with Crippen molar-refractivity contribution in [2.75, 3.05) is 6.61 Å². The van der Waals surface area contributed by atoms with Crippen molar-refractivity contribution in [2.45, 2.75) is 20.8 Å². The molecule has 2 aromatic heterocycles. The van der Waals surface area contributed by atoms with E-state index in [1.807, 2.05) is 19.9 Å². The molecule has 0 amide bonds. The molecule has 0 spiro atoms. The zero-order valence-corrected chi connectivity index (χ0v) is 11.1. The highest BCUT2D eigenvalue weighted by Gasteiger charge is 2.16. The Morgan fingerprint density at radius 3 is 2.72 bits per heavy atom. The second-order valence-corrected chi connectivity index (χ2v) is 4.25. The summed E-state index contributed by atoms with van der Waals surface area (Å²) >= 11 is 0. The zero-order valence-electron chi connectivity index (χ0n) is 11.1. The fraction of sp³-hybridized carbons (Fsp3) is 0.385. The summed E-state index contributed by atoms with van der Waals surface area (Å²) in [5, 5.41) is 4.35. The van der Waals surface area contributed by atoms with Crippen molar-refractivity contribution in [1.82, 2.24) is 14.8 Å². The van der Waals surface area contributed by atoms with Gasteiger partial charge in [0.25, 0.3) is 0 Å². The maximum Gasteiger partial charge on any atom is 0.356 e. The highest BCUT2D eigenvalue weighted by atomic mass is 16.5. The number of rotatable bonds is 3. The van der Waals surface area contributed by atoms with Crippen LogP contribution in [0.5, 0.6) is 0 Å². The summed E-state index contributed by atoms with van der Waals surface area (Å²) in [4.78, 5) is 14.9. The van der Waals surface area contributed by atoms with Crippen LogP contribution in [-0.4, -0.2) is 27.3 Å². The van der Waals surface area contributed by atoms with E-state index in [1.165, 1.54) is 0 Å². The van der Waals surface area contributed by atoms with Gasteiger partial charge in [0.05, 0.1) is 12.3 Å². The van der Waals surface area contributed by atoms with Gasteiger partial charge in [-0.1, -0.05) is 0 Å². The van der Waals surface area contributed by atoms with Crippen molar-refractivity contribution in [1.29, 1.82) is 0 Å². The van der Waals surface area contributed by atoms with Gasteiger partial charge < -0.3 is 9.72 Å². The molecule has 2 aromatic rings. The highest BCUT2D eigenvalue weighted by molar-refractivity contribution is 5.89. The Bertz CT molecular complexity index is 581. The molecule has 2 rings (SSSR count). The molecule has 5 nitrogen and oxygen atoms in total. The predicted molar refractivity (Wildman–Crippen MR) is 68.4 cm³/mol. The lowest BCUT2D eigenvalue weighted by molar-refractivity contribution is 0.0513. The number of H-pyrrole nitrogens is 1. The van der Waals surface area contributed by atoms with E-state index < -0.39 is 0 Å². The van der Waals surface area contributed by atoms with Crippen LogP contribution < -0.4 is 0 Å². The smallest absolute Gasteiger partial charge is 0.356 e. The van der Waals surface area contributed by atoms with Gasteiger partial charge in [-0.05, 0) is 32.9 Å². The molecule has 2 heterocycles. The molecule has 5 heteroatoms. The Morgan fingerprint density at radius 2 is 2.17 bits per heavy atom. The number of aryl methyl sites for hydroxylation is 3. The summed E-state index contributed by atoms with van der Waals surface area (Å²) in [5.74, 6) is -0.344. The summed E-state index contributed by atoms with van der Waals surface area (Å²) in [6.07, 6.45) is 0. The number of nitrogens with zero attached hydrogens (tertiary/aromatic N) is 2. The zero-order chi connectivity index (χ0) is 13.3. The van der Waals surface area contributed by atoms with Gasteiger partial charge >= 0.3 is 5.97 Å². The minimum Gasteiger partial charge on any atom is -0.461 e. The SMILES string of the molecule is CCOC(=O)c1cc(-c2cc(C)[nH]c2C)nn1C. The number of aromatic amines is 1. The van der Waals surface area contributed by atoms with Gasteiger partial charge in [-0.2, -0.15) is 5.10 Å². The van der Waals surface area contributed by atoms with Crippen LogP contribution in [0.1, 0.15) is 28.8 Å². The van der Waals surface area contributed by atoms with Crippen molar-refractivity contribution < 1.29 is 9.53 Å². The van der Waals surface area contributed by atoms with Gasteiger partial charge in [0.2, 0.25) is 0 Å². The van der Waals surface area contributed by atoms with Gasteiger partial charge in [-0.25, -0.2) is 4.79 Å². The van der Waals surface area contributed by atoms with Gasteiger partial charge in [0.1, 0.15) is 5.69 Å². The summed E-state index contributed by atoms with van der Waals surface area (Å²) in [6, 6.07) is 3.78. The van der Waals surface area contributed by atoms with E-state index in [4.69, 9.17) is 4.74 Å². The third-order valence-corrected chi connectivity index (χ3v) is 2.79. The molecule has 96 valence electrons. The monoisotopic (exact) mass is 247 g/mol. The second kappa shape index (κ2) is 4.68. The molecule has 0 atom stereocenters. The Balaban J connectivity index is 2.40. The minimum atomic E-state index is -0.344. The molecule has 0 radical (unpaired) electrons. The number of carbonyl (C=O) groups is 1. The number of carbonyl (C=O) groups excluding carboxylic acids is 1. The van der Waals surface area contributed by atoms with Crippen LogP contribution in [0.25, 0.3) is 11.3 Å². The Morgan fingerprint density at radius 1 is 1.44 bits per heavy atom. The third-order valence-electron chi connectivity index (χ3n) is 2.79. The minimum absolute atomic E-state index is 0.344. The number of hydrogen-bond acceptors (Lipinski definition) is 3. The van der Waals surface area contributed by atoms with Crippen LogP contribution in [0.4, 0.5) is 0 Å². The summed E-state index contributed by atoms with van der Waals surface area (Å²) in [5.41, 5.74) is 4.37. The number of ether oxygens (including phenoxy) is 1. The first kappa shape index (κ1) is 12.4. The van der Waals surface area contributed by atoms with E-state index in [9.17, 15) is 4.79 Å². The Hall–Kier alpha value is -2.04. The number of hydrogen-bond donors (Lipinski definition) is 1. The van der Waals surface area contributed by atoms with E-state index in [0.29, 0.717) is 12.3 Å². The number of nitrogens with one attached hydrogen (secondary N) is 1. The molecule has 0 fully saturated rings. The van der Waals surface area contributed by atoms with E-state index in [2.05, 4.69) is 10.1 Å². The van der Waals surface area contributed by atoms with Gasteiger partial charge in [0.15, 0.2) is 0 Å². The van der Waals surface area contributed by atoms with Crippen LogP contribution in [-0.2, 0) is 11.8 Å². The van der Waals surface area contributed by atoms with Gasteiger partial charge in [-0.15, -0.1) is 0 Å². The molecule has 0 aromatic carbocycles. The summed E-state index contributed by atoms with van der Waals surface area (Å²) < 4.78 is 6.54. The molecule has 0 saturated heterocycles. The van der Waals surface area contributed by atoms with E-state index in [0.717, 1.165) is 22.6 Å². The van der Waals surface area contributed by atoms with Gasteiger partial charge in [-0.3, -0.25) is 4.68 Å². The Labute approximate surface area is 106 Å². The lowest BCUT2D eigenvalue weighted by atomic mass is 10.2. The quantitative estimate of drug-likeness (QED) is 0.846. The number of esters is 1. The molecule has 0 bridgehead atoms. The van der Waals surface area contributed by atoms with Crippen LogP contribution in [0.2, 0.25) is 0 Å². The highest BCUT2D eigenvalue weighted by Crippen LogP contribution is 2.23. The van der Waals surface area contributed by atoms with Crippen molar-refractivity contribution in [3.05, 3.63) is 29.2 Å². The van der Waals surface area contributed by atoms with Crippen LogP contribution in [0.15, 0.2) is 12.1 Å². The summed E-state index contributed by atoms with van der Waals surface area (Å²) in [6.45, 7) is 6.13. The lowest BCUT2D eigenvalue weighted by Crippen LogP contribution is -2.10. The van der Waals surface area contributed by atoms with Crippen LogP contribution in [0, 0.1) is 13.8 Å². The van der Waals surface area contributed by atoms with Crippen molar-refractivity contribution in [3.8, 4) is 11.3 Å². The average Bonchev–Trinajstić information content (AvgIpc) is 2.82. The maximum absolute atomic E-state index is 11.7. The molecule has 18 heavy (non-hydrogen) atoms. The van der Waals surface area contributed by atoms with Gasteiger partial charge in [0, 0.05) is 24.0 Å². The Kier molecular flexibility index (Phi) is 3.23. The van der Waals surface area contributed by atoms with Crippen molar-refractivity contribution in [3.63, 3.8) is 0 Å². The van der Waals surface area contributed by atoms with Crippen molar-refractivity contribution >= 4 is 5.97 Å². The normalized spacial score (nSPS) is 10.7. The molecular weight excluding hydrogens is 230 g/mol. The van der Waals surface area contributed by atoms with E-state index >= 15 is 0 Å². The second-order valence-electron chi connectivity index (χ2n) is 4.25. The maximum atomic E-state index is 11.7. The molecule has 1 N–H and O–H groups in total. The fourth-order valence-electron chi connectivity index (χ4n) is 1.98. The molecule has 0 unspecified atom stereocenters. The van der Waals surface area contributed by atoms with Crippen LogP contribution >= 0.6 is 0 Å². The fourth-order valence-corrected chi connectivity index (χ4v) is 1.98. The first-order chi connectivity index (χ1) is 8.52.